The van der Waals surface area contributed by atoms with Crippen LogP contribution in [0.15, 0.2) is 24.3 Å². The Kier molecular flexibility index (Phi) is 3.27. The topological polar surface area (TPSA) is 40.5 Å². The first kappa shape index (κ1) is 11.9. The number of hydrogen-bond acceptors (Lipinski definition) is 3. The fourth-order valence-corrected chi connectivity index (χ4v) is 1.26. The zero-order chi connectivity index (χ0) is 11.6. The maximum atomic E-state index is 12.0. The molecule has 0 amide bonds. The molecule has 0 aliphatic carbocycles. The van der Waals surface area contributed by atoms with E-state index in [0.717, 1.165) is 5.56 Å². The molecule has 1 unspecified atom stereocenters. The SMILES string of the molecule is Cc1cccc(C(=O)C(C)(O)N(C)C)c1. The predicted molar refractivity (Wildman–Crippen MR) is 59.8 cm³/mol. The van der Waals surface area contributed by atoms with Crippen LogP contribution < -0.4 is 0 Å². The van der Waals surface area contributed by atoms with E-state index in [4.69, 9.17) is 0 Å². The molecule has 0 aliphatic rings. The van der Waals surface area contributed by atoms with Gasteiger partial charge in [-0.2, -0.15) is 0 Å². The van der Waals surface area contributed by atoms with Gasteiger partial charge in [-0.3, -0.25) is 9.69 Å². The van der Waals surface area contributed by atoms with E-state index in [1.165, 1.54) is 11.8 Å². The van der Waals surface area contributed by atoms with Crippen LogP contribution in [0, 0.1) is 6.92 Å². The maximum Gasteiger partial charge on any atom is 0.209 e. The number of rotatable bonds is 3. The highest BCUT2D eigenvalue weighted by Gasteiger charge is 2.33. The van der Waals surface area contributed by atoms with Crippen molar-refractivity contribution in [3.05, 3.63) is 35.4 Å². The average molecular weight is 207 g/mol. The summed E-state index contributed by atoms with van der Waals surface area (Å²) >= 11 is 0. The van der Waals surface area contributed by atoms with Gasteiger partial charge in [0.25, 0.3) is 0 Å². The van der Waals surface area contributed by atoms with Gasteiger partial charge < -0.3 is 5.11 Å². The van der Waals surface area contributed by atoms with Crippen molar-refractivity contribution < 1.29 is 9.90 Å². The number of aryl methyl sites for hydroxylation is 1. The third-order valence-electron chi connectivity index (χ3n) is 2.58. The lowest BCUT2D eigenvalue weighted by Gasteiger charge is -2.29. The summed E-state index contributed by atoms with van der Waals surface area (Å²) in [6.07, 6.45) is 0. The molecule has 1 rings (SSSR count). The van der Waals surface area contributed by atoms with Crippen molar-refractivity contribution in [2.75, 3.05) is 14.1 Å². The molecular weight excluding hydrogens is 190 g/mol. The Bertz CT molecular complexity index is 370. The lowest BCUT2D eigenvalue weighted by Crippen LogP contribution is -2.48. The van der Waals surface area contributed by atoms with Gasteiger partial charge in [-0.25, -0.2) is 0 Å². The molecule has 82 valence electrons. The van der Waals surface area contributed by atoms with Crippen LogP contribution in [0.25, 0.3) is 0 Å². The van der Waals surface area contributed by atoms with Crippen molar-refractivity contribution >= 4 is 5.78 Å². The molecule has 1 aromatic carbocycles. The second-order valence-corrected chi connectivity index (χ2v) is 4.11. The number of likely N-dealkylation sites (N-methyl/N-ethyl adjacent to an activating group) is 1. The van der Waals surface area contributed by atoms with Crippen LogP contribution in [0.4, 0.5) is 0 Å². The fourth-order valence-electron chi connectivity index (χ4n) is 1.26. The Hall–Kier alpha value is -1.19. The summed E-state index contributed by atoms with van der Waals surface area (Å²) in [5.74, 6) is -0.281. The van der Waals surface area contributed by atoms with Crippen molar-refractivity contribution in [2.24, 2.45) is 0 Å². The zero-order valence-corrected chi connectivity index (χ0v) is 9.61. The quantitative estimate of drug-likeness (QED) is 0.602. The molecule has 0 heterocycles. The number of nitrogens with zero attached hydrogens (tertiary/aromatic N) is 1. The van der Waals surface area contributed by atoms with Crippen LogP contribution in [0.1, 0.15) is 22.8 Å². The highest BCUT2D eigenvalue weighted by molar-refractivity contribution is 6.01. The minimum atomic E-state index is -1.45. The molecule has 3 heteroatoms. The van der Waals surface area contributed by atoms with Gasteiger partial charge in [-0.1, -0.05) is 23.8 Å². The highest BCUT2D eigenvalue weighted by Crippen LogP contribution is 2.16. The van der Waals surface area contributed by atoms with E-state index in [-0.39, 0.29) is 5.78 Å². The van der Waals surface area contributed by atoms with Gasteiger partial charge in [0.05, 0.1) is 0 Å². The van der Waals surface area contributed by atoms with Crippen LogP contribution in [0.5, 0.6) is 0 Å². The fraction of sp³-hybridized carbons (Fsp3) is 0.417. The molecule has 0 saturated carbocycles. The van der Waals surface area contributed by atoms with E-state index in [0.29, 0.717) is 5.56 Å². The second kappa shape index (κ2) is 4.13. The minimum absolute atomic E-state index is 0.281. The van der Waals surface area contributed by atoms with Crippen molar-refractivity contribution in [1.29, 1.82) is 0 Å². The molecule has 3 nitrogen and oxygen atoms in total. The molecule has 0 saturated heterocycles. The van der Waals surface area contributed by atoms with Gasteiger partial charge >= 0.3 is 0 Å². The van der Waals surface area contributed by atoms with E-state index in [1.807, 2.05) is 19.1 Å². The van der Waals surface area contributed by atoms with Gasteiger partial charge in [0.15, 0.2) is 5.72 Å². The summed E-state index contributed by atoms with van der Waals surface area (Å²) in [6.45, 7) is 3.42. The molecular formula is C12H17NO2. The molecule has 0 bridgehead atoms. The first-order valence-electron chi connectivity index (χ1n) is 4.87. The second-order valence-electron chi connectivity index (χ2n) is 4.11. The van der Waals surface area contributed by atoms with Crippen LogP contribution in [-0.2, 0) is 0 Å². The summed E-state index contributed by atoms with van der Waals surface area (Å²) in [5, 5.41) is 9.98. The largest absolute Gasteiger partial charge is 0.369 e. The average Bonchev–Trinajstić information content (AvgIpc) is 2.16. The normalized spacial score (nSPS) is 15.1. The first-order chi connectivity index (χ1) is 6.85. The third kappa shape index (κ3) is 2.43. The van der Waals surface area contributed by atoms with Gasteiger partial charge in [0, 0.05) is 5.56 Å². The maximum absolute atomic E-state index is 12.0. The predicted octanol–water partition coefficient (Wildman–Crippen LogP) is 1.45. The van der Waals surface area contributed by atoms with Crippen molar-refractivity contribution in [1.82, 2.24) is 4.90 Å². The number of ketones is 1. The molecule has 1 N–H and O–H groups in total. The van der Waals surface area contributed by atoms with Gasteiger partial charge in [0.1, 0.15) is 0 Å². The summed E-state index contributed by atoms with van der Waals surface area (Å²) in [7, 11) is 3.35. The van der Waals surface area contributed by atoms with Gasteiger partial charge in [-0.15, -0.1) is 0 Å². The van der Waals surface area contributed by atoms with E-state index in [9.17, 15) is 9.90 Å². The molecule has 0 aromatic heterocycles. The van der Waals surface area contributed by atoms with Crippen LogP contribution in [-0.4, -0.2) is 35.6 Å². The van der Waals surface area contributed by atoms with E-state index < -0.39 is 5.72 Å². The Morgan fingerprint density at radius 2 is 2.00 bits per heavy atom. The molecule has 1 atom stereocenters. The number of hydrogen-bond donors (Lipinski definition) is 1. The molecule has 15 heavy (non-hydrogen) atoms. The van der Waals surface area contributed by atoms with Gasteiger partial charge in [-0.05, 0) is 34.0 Å². The molecule has 0 spiro atoms. The van der Waals surface area contributed by atoms with Crippen LogP contribution in [0.2, 0.25) is 0 Å². The van der Waals surface area contributed by atoms with Crippen molar-refractivity contribution in [3.8, 4) is 0 Å². The number of Topliss-reactive ketones (excluding diaryl/α,β-unsaturated/α-hetero) is 1. The number of aliphatic hydroxyl groups is 1. The Labute approximate surface area is 90.3 Å². The van der Waals surface area contributed by atoms with Crippen molar-refractivity contribution in [2.45, 2.75) is 19.6 Å². The lowest BCUT2D eigenvalue weighted by molar-refractivity contribution is -0.0383. The monoisotopic (exact) mass is 207 g/mol. The van der Waals surface area contributed by atoms with E-state index >= 15 is 0 Å². The number of benzene rings is 1. The molecule has 0 radical (unpaired) electrons. The standard InChI is InChI=1S/C12H17NO2/c1-9-6-5-7-10(8-9)11(14)12(2,15)13(3)4/h5-8,15H,1-4H3. The third-order valence-corrected chi connectivity index (χ3v) is 2.58. The minimum Gasteiger partial charge on any atom is -0.369 e. The summed E-state index contributed by atoms with van der Waals surface area (Å²) in [6, 6.07) is 7.23. The molecule has 0 fully saturated rings. The smallest absolute Gasteiger partial charge is 0.209 e. The number of carbonyl (C=O) groups is 1. The van der Waals surface area contributed by atoms with E-state index in [1.54, 1.807) is 26.2 Å². The van der Waals surface area contributed by atoms with E-state index in [2.05, 4.69) is 0 Å². The molecule has 0 aliphatic heterocycles. The van der Waals surface area contributed by atoms with Gasteiger partial charge in [0.2, 0.25) is 5.78 Å². The highest BCUT2D eigenvalue weighted by atomic mass is 16.3. The van der Waals surface area contributed by atoms with Crippen molar-refractivity contribution in [3.63, 3.8) is 0 Å². The number of carbonyl (C=O) groups excluding carboxylic acids is 1. The zero-order valence-electron chi connectivity index (χ0n) is 9.61. The van der Waals surface area contributed by atoms with Crippen LogP contribution >= 0.6 is 0 Å². The van der Waals surface area contributed by atoms with Crippen LogP contribution in [0.3, 0.4) is 0 Å². The summed E-state index contributed by atoms with van der Waals surface area (Å²) in [4.78, 5) is 13.5. The Morgan fingerprint density at radius 1 is 1.40 bits per heavy atom. The summed E-state index contributed by atoms with van der Waals surface area (Å²) in [5.41, 5.74) is 0.0949. The molecule has 1 aromatic rings. The Balaban J connectivity index is 3.05. The lowest BCUT2D eigenvalue weighted by atomic mass is 10.00. The first-order valence-corrected chi connectivity index (χ1v) is 4.87. The Morgan fingerprint density at radius 3 is 2.47 bits per heavy atom. The summed E-state index contributed by atoms with van der Waals surface area (Å²) < 4.78 is 0.